The molecule has 2 rings (SSSR count). The van der Waals surface area contributed by atoms with Crippen LogP contribution >= 0.6 is 0 Å². The van der Waals surface area contributed by atoms with E-state index in [0.29, 0.717) is 36.8 Å². The van der Waals surface area contributed by atoms with Gasteiger partial charge in [0, 0.05) is 12.6 Å². The fourth-order valence-corrected chi connectivity index (χ4v) is 3.27. The van der Waals surface area contributed by atoms with Gasteiger partial charge in [0.05, 0.1) is 4.90 Å². The third-order valence-electron chi connectivity index (χ3n) is 2.81. The Morgan fingerprint density at radius 1 is 1.21 bits per heavy atom. The van der Waals surface area contributed by atoms with Crippen molar-refractivity contribution in [3.8, 4) is 11.5 Å². The number of hydrogen-bond donors (Lipinski definition) is 1. The zero-order valence-corrected chi connectivity index (χ0v) is 12.2. The van der Waals surface area contributed by atoms with E-state index >= 15 is 0 Å². The number of hydrogen-bond acceptors (Lipinski definition) is 4. The van der Waals surface area contributed by atoms with Gasteiger partial charge in [-0.2, -0.15) is 0 Å². The molecule has 106 valence electrons. The molecule has 6 heteroatoms. The smallest absolute Gasteiger partial charge is 0.240 e. The Kier molecular flexibility index (Phi) is 4.01. The van der Waals surface area contributed by atoms with E-state index in [9.17, 15) is 8.42 Å². The van der Waals surface area contributed by atoms with E-state index in [-0.39, 0.29) is 10.8 Å². The molecule has 0 amide bonds. The normalized spacial score (nSPS) is 14.7. The lowest BCUT2D eigenvalue weighted by Crippen LogP contribution is -2.28. The molecule has 1 heterocycles. The first kappa shape index (κ1) is 14.1. The maximum atomic E-state index is 12.2. The molecule has 1 aliphatic heterocycles. The largest absolute Gasteiger partial charge is 0.486 e. The van der Waals surface area contributed by atoms with Crippen molar-refractivity contribution in [2.45, 2.75) is 25.7 Å². The van der Waals surface area contributed by atoms with Crippen LogP contribution in [0.2, 0.25) is 0 Å². The third kappa shape index (κ3) is 3.19. The summed E-state index contributed by atoms with van der Waals surface area (Å²) in [7, 11) is -3.51. The Morgan fingerprint density at radius 2 is 1.79 bits per heavy atom. The monoisotopic (exact) mass is 285 g/mol. The van der Waals surface area contributed by atoms with Crippen molar-refractivity contribution in [2.75, 3.05) is 19.8 Å². The zero-order chi connectivity index (χ0) is 14.0. The molecule has 19 heavy (non-hydrogen) atoms. The van der Waals surface area contributed by atoms with Gasteiger partial charge in [-0.3, -0.25) is 0 Å². The fourth-order valence-electron chi connectivity index (χ4n) is 1.82. The van der Waals surface area contributed by atoms with Crippen LogP contribution in [0.4, 0.5) is 0 Å². The summed E-state index contributed by atoms with van der Waals surface area (Å²) in [5.41, 5.74) is 0.653. The molecule has 0 atom stereocenters. The molecule has 1 aliphatic rings. The lowest BCUT2D eigenvalue weighted by Gasteiger charge is -2.20. The van der Waals surface area contributed by atoms with E-state index in [0.717, 1.165) is 0 Å². The van der Waals surface area contributed by atoms with Gasteiger partial charge in [-0.25, -0.2) is 13.1 Å². The average molecular weight is 285 g/mol. The highest BCUT2D eigenvalue weighted by Crippen LogP contribution is 2.34. The van der Waals surface area contributed by atoms with Gasteiger partial charge in [-0.1, -0.05) is 13.8 Å². The quantitative estimate of drug-likeness (QED) is 0.914. The van der Waals surface area contributed by atoms with Crippen molar-refractivity contribution in [2.24, 2.45) is 5.92 Å². The predicted molar refractivity (Wildman–Crippen MR) is 72.2 cm³/mol. The number of rotatable bonds is 4. The minimum absolute atomic E-state index is 0.248. The molecule has 5 nitrogen and oxygen atoms in total. The number of benzene rings is 1. The van der Waals surface area contributed by atoms with E-state index in [1.54, 1.807) is 13.0 Å². The van der Waals surface area contributed by atoms with Gasteiger partial charge >= 0.3 is 0 Å². The Morgan fingerprint density at radius 3 is 2.37 bits per heavy atom. The van der Waals surface area contributed by atoms with E-state index in [2.05, 4.69) is 4.72 Å². The Bertz CT molecular complexity index is 566. The fraction of sp³-hybridized carbons (Fsp3) is 0.538. The van der Waals surface area contributed by atoms with E-state index < -0.39 is 10.0 Å². The van der Waals surface area contributed by atoms with Gasteiger partial charge in [0.1, 0.15) is 13.2 Å². The summed E-state index contributed by atoms with van der Waals surface area (Å²) in [4.78, 5) is 0.248. The SMILES string of the molecule is Cc1cc2c(cc1S(=O)(=O)NCC(C)C)OCCO2. The van der Waals surface area contributed by atoms with Gasteiger partial charge in [0.2, 0.25) is 10.0 Å². The first-order valence-corrected chi connectivity index (χ1v) is 7.78. The lowest BCUT2D eigenvalue weighted by atomic mass is 10.2. The molecule has 0 aliphatic carbocycles. The van der Waals surface area contributed by atoms with Gasteiger partial charge in [-0.15, -0.1) is 0 Å². The van der Waals surface area contributed by atoms with Crippen LogP contribution < -0.4 is 14.2 Å². The molecule has 0 spiro atoms. The maximum Gasteiger partial charge on any atom is 0.240 e. The highest BCUT2D eigenvalue weighted by Gasteiger charge is 2.22. The minimum atomic E-state index is -3.51. The lowest BCUT2D eigenvalue weighted by molar-refractivity contribution is 0.171. The third-order valence-corrected chi connectivity index (χ3v) is 4.38. The van der Waals surface area contributed by atoms with Gasteiger partial charge < -0.3 is 9.47 Å². The van der Waals surface area contributed by atoms with Crippen molar-refractivity contribution in [3.05, 3.63) is 17.7 Å². The zero-order valence-electron chi connectivity index (χ0n) is 11.4. The summed E-state index contributed by atoms with van der Waals surface area (Å²) >= 11 is 0. The molecule has 0 aromatic heterocycles. The summed E-state index contributed by atoms with van der Waals surface area (Å²) in [5.74, 6) is 1.35. The van der Waals surface area contributed by atoms with Crippen LogP contribution in [0.3, 0.4) is 0 Å². The highest BCUT2D eigenvalue weighted by atomic mass is 32.2. The molecular weight excluding hydrogens is 266 g/mol. The van der Waals surface area contributed by atoms with Gasteiger partial charge in [-0.05, 0) is 24.5 Å². The summed E-state index contributed by atoms with van der Waals surface area (Å²) < 4.78 is 37.9. The average Bonchev–Trinajstić information content (AvgIpc) is 2.35. The molecule has 1 N–H and O–H groups in total. The molecule has 0 saturated carbocycles. The van der Waals surface area contributed by atoms with Crippen LogP contribution in [0.1, 0.15) is 19.4 Å². The van der Waals surface area contributed by atoms with Crippen molar-refractivity contribution in [1.82, 2.24) is 4.72 Å². The summed E-state index contributed by atoms with van der Waals surface area (Å²) in [6.45, 7) is 7.01. The predicted octanol–water partition coefficient (Wildman–Crippen LogP) is 1.70. The van der Waals surface area contributed by atoms with E-state index in [1.165, 1.54) is 6.07 Å². The number of ether oxygens (including phenoxy) is 2. The van der Waals surface area contributed by atoms with Crippen LogP contribution in [-0.2, 0) is 10.0 Å². The number of sulfonamides is 1. The Balaban J connectivity index is 2.34. The number of fused-ring (bicyclic) bond motifs is 1. The summed E-state index contributed by atoms with van der Waals surface area (Å²) in [5, 5.41) is 0. The molecule has 0 saturated heterocycles. The maximum absolute atomic E-state index is 12.2. The molecule has 1 aromatic rings. The molecule has 0 radical (unpaired) electrons. The van der Waals surface area contributed by atoms with Crippen molar-refractivity contribution < 1.29 is 17.9 Å². The van der Waals surface area contributed by atoms with E-state index in [1.807, 2.05) is 13.8 Å². The van der Waals surface area contributed by atoms with E-state index in [4.69, 9.17) is 9.47 Å². The molecular formula is C13H19NO4S. The summed E-state index contributed by atoms with van der Waals surface area (Å²) in [6, 6.07) is 3.24. The van der Waals surface area contributed by atoms with Gasteiger partial charge in [0.25, 0.3) is 0 Å². The van der Waals surface area contributed by atoms with Crippen molar-refractivity contribution in [3.63, 3.8) is 0 Å². The standard InChI is InChI=1S/C13H19NO4S/c1-9(2)8-14-19(15,16)13-7-12-11(6-10(13)3)17-4-5-18-12/h6-7,9,14H,4-5,8H2,1-3H3. The molecule has 1 aromatic carbocycles. The second-order valence-corrected chi connectivity index (χ2v) is 6.74. The Hall–Kier alpha value is -1.27. The number of nitrogens with one attached hydrogen (secondary N) is 1. The Labute approximate surface area is 114 Å². The molecule has 0 fully saturated rings. The van der Waals surface area contributed by atoms with Crippen molar-refractivity contribution in [1.29, 1.82) is 0 Å². The van der Waals surface area contributed by atoms with Crippen LogP contribution in [0.5, 0.6) is 11.5 Å². The van der Waals surface area contributed by atoms with Crippen LogP contribution in [0, 0.1) is 12.8 Å². The highest BCUT2D eigenvalue weighted by molar-refractivity contribution is 7.89. The van der Waals surface area contributed by atoms with Crippen molar-refractivity contribution >= 4 is 10.0 Å². The second-order valence-electron chi connectivity index (χ2n) is 5.01. The first-order chi connectivity index (χ1) is 8.90. The number of aryl methyl sites for hydroxylation is 1. The minimum Gasteiger partial charge on any atom is -0.486 e. The van der Waals surface area contributed by atoms with Gasteiger partial charge in [0.15, 0.2) is 11.5 Å². The van der Waals surface area contributed by atoms with Crippen LogP contribution in [0.15, 0.2) is 17.0 Å². The summed E-state index contributed by atoms with van der Waals surface area (Å²) in [6.07, 6.45) is 0. The molecule has 0 bridgehead atoms. The van der Waals surface area contributed by atoms with Crippen LogP contribution in [-0.4, -0.2) is 28.2 Å². The molecule has 0 unspecified atom stereocenters. The first-order valence-electron chi connectivity index (χ1n) is 6.30. The topological polar surface area (TPSA) is 64.6 Å². The second kappa shape index (κ2) is 5.38. The van der Waals surface area contributed by atoms with Crippen LogP contribution in [0.25, 0.3) is 0 Å².